The number of hydrogen-bond acceptors (Lipinski definition) is 3. The third-order valence-corrected chi connectivity index (χ3v) is 2.76. The van der Waals surface area contributed by atoms with Crippen LogP contribution in [0.5, 0.6) is 0 Å². The third kappa shape index (κ3) is 4.81. The molecule has 5 nitrogen and oxygen atoms in total. The Balaban J connectivity index is 0.00000225. The van der Waals surface area contributed by atoms with Crippen molar-refractivity contribution in [2.75, 3.05) is 26.2 Å². The number of nitrogens with zero attached hydrogens (tertiary/aromatic N) is 1. The molecule has 16 heavy (non-hydrogen) atoms. The molecule has 0 spiro atoms. The number of hydrogen-bond donors (Lipinski definition) is 2. The summed E-state index contributed by atoms with van der Waals surface area (Å²) in [6.45, 7) is 3.81. The van der Waals surface area contributed by atoms with Crippen molar-refractivity contribution >= 4 is 24.2 Å². The number of halogens is 1. The third-order valence-electron chi connectivity index (χ3n) is 2.76. The van der Waals surface area contributed by atoms with E-state index in [0.717, 1.165) is 25.9 Å². The maximum atomic E-state index is 11.6. The predicted molar refractivity (Wildman–Crippen MR) is 64.3 cm³/mol. The Labute approximate surface area is 102 Å². The van der Waals surface area contributed by atoms with Crippen molar-refractivity contribution < 1.29 is 9.59 Å². The average molecular weight is 250 g/mol. The van der Waals surface area contributed by atoms with E-state index in [2.05, 4.69) is 12.2 Å². The van der Waals surface area contributed by atoms with Crippen LogP contribution >= 0.6 is 12.4 Å². The first-order valence-electron chi connectivity index (χ1n) is 5.38. The number of carbonyl (C=O) groups excluding carboxylic acids is 2. The van der Waals surface area contributed by atoms with Crippen LogP contribution in [0.25, 0.3) is 0 Å². The Kier molecular flexibility index (Phi) is 7.08. The van der Waals surface area contributed by atoms with Gasteiger partial charge in [0, 0.05) is 13.1 Å². The molecule has 6 heteroatoms. The molecule has 0 aromatic carbocycles. The van der Waals surface area contributed by atoms with E-state index < -0.39 is 0 Å². The first-order chi connectivity index (χ1) is 7.13. The zero-order valence-electron chi connectivity index (χ0n) is 9.57. The van der Waals surface area contributed by atoms with E-state index in [1.807, 2.05) is 0 Å². The van der Waals surface area contributed by atoms with Crippen LogP contribution in [0.3, 0.4) is 0 Å². The normalized spacial score (nSPS) is 16.5. The Morgan fingerprint density at radius 3 is 2.44 bits per heavy atom. The molecule has 0 aromatic heterocycles. The number of nitrogens with two attached hydrogens (primary N) is 1. The van der Waals surface area contributed by atoms with Crippen LogP contribution < -0.4 is 11.1 Å². The van der Waals surface area contributed by atoms with Crippen molar-refractivity contribution in [1.29, 1.82) is 0 Å². The molecule has 1 rings (SSSR count). The summed E-state index contributed by atoms with van der Waals surface area (Å²) >= 11 is 0. The van der Waals surface area contributed by atoms with E-state index >= 15 is 0 Å². The van der Waals surface area contributed by atoms with Gasteiger partial charge < -0.3 is 16.0 Å². The lowest BCUT2D eigenvalue weighted by Gasteiger charge is -2.30. The van der Waals surface area contributed by atoms with Gasteiger partial charge in [-0.3, -0.25) is 9.59 Å². The van der Waals surface area contributed by atoms with Gasteiger partial charge in [-0.2, -0.15) is 0 Å². The minimum absolute atomic E-state index is 0. The fraction of sp³-hybridized carbons (Fsp3) is 0.800. The van der Waals surface area contributed by atoms with Gasteiger partial charge in [-0.15, -0.1) is 12.4 Å². The Bertz CT molecular complexity index is 240. The summed E-state index contributed by atoms with van der Waals surface area (Å²) in [6, 6.07) is 0. The van der Waals surface area contributed by atoms with Crippen LogP contribution in [-0.4, -0.2) is 42.9 Å². The van der Waals surface area contributed by atoms with E-state index in [4.69, 9.17) is 5.73 Å². The summed E-state index contributed by atoms with van der Waals surface area (Å²) < 4.78 is 0. The number of piperidine rings is 1. The molecule has 1 aliphatic heterocycles. The number of carbonyl (C=O) groups is 2. The molecule has 94 valence electrons. The van der Waals surface area contributed by atoms with Gasteiger partial charge in [0.1, 0.15) is 0 Å². The Morgan fingerprint density at radius 1 is 1.38 bits per heavy atom. The zero-order valence-corrected chi connectivity index (χ0v) is 10.4. The SMILES string of the molecule is CC1CCN(C(=O)CNC(=O)CN)CC1.Cl. The van der Waals surface area contributed by atoms with Crippen molar-refractivity contribution in [3.05, 3.63) is 0 Å². The second kappa shape index (κ2) is 7.46. The number of amides is 2. The highest BCUT2D eigenvalue weighted by Gasteiger charge is 2.19. The van der Waals surface area contributed by atoms with E-state index in [1.54, 1.807) is 4.90 Å². The Hall–Kier alpha value is -0.810. The highest BCUT2D eigenvalue weighted by Crippen LogP contribution is 2.15. The summed E-state index contributed by atoms with van der Waals surface area (Å²) in [5.41, 5.74) is 5.12. The van der Waals surface area contributed by atoms with Gasteiger partial charge in [0.15, 0.2) is 0 Å². The summed E-state index contributed by atoms with van der Waals surface area (Å²) in [6.07, 6.45) is 2.10. The standard InChI is InChI=1S/C10H19N3O2.ClH/c1-8-2-4-13(5-3-8)10(15)7-12-9(14)6-11;/h8H,2-7,11H2,1H3,(H,12,14);1H. The fourth-order valence-corrected chi connectivity index (χ4v) is 1.62. The molecule has 0 saturated carbocycles. The van der Waals surface area contributed by atoms with Crippen LogP contribution in [0.1, 0.15) is 19.8 Å². The minimum Gasteiger partial charge on any atom is -0.346 e. The monoisotopic (exact) mass is 249 g/mol. The van der Waals surface area contributed by atoms with Gasteiger partial charge in [-0.1, -0.05) is 6.92 Å². The molecule has 0 atom stereocenters. The molecule has 1 saturated heterocycles. The van der Waals surface area contributed by atoms with Crippen molar-refractivity contribution in [3.63, 3.8) is 0 Å². The van der Waals surface area contributed by atoms with Crippen molar-refractivity contribution in [1.82, 2.24) is 10.2 Å². The summed E-state index contributed by atoms with van der Waals surface area (Å²) in [7, 11) is 0. The van der Waals surface area contributed by atoms with Crippen molar-refractivity contribution in [2.45, 2.75) is 19.8 Å². The zero-order chi connectivity index (χ0) is 11.3. The quantitative estimate of drug-likeness (QED) is 0.724. The molecule has 0 aromatic rings. The lowest BCUT2D eigenvalue weighted by atomic mass is 9.99. The maximum Gasteiger partial charge on any atom is 0.241 e. The molecule has 0 radical (unpaired) electrons. The highest BCUT2D eigenvalue weighted by molar-refractivity contribution is 5.85. The first kappa shape index (κ1) is 15.2. The van der Waals surface area contributed by atoms with Gasteiger partial charge >= 0.3 is 0 Å². The molecule has 0 unspecified atom stereocenters. The van der Waals surface area contributed by atoms with Gasteiger partial charge in [0.05, 0.1) is 13.1 Å². The average Bonchev–Trinajstić information content (AvgIpc) is 2.26. The van der Waals surface area contributed by atoms with Gasteiger partial charge in [-0.05, 0) is 18.8 Å². The predicted octanol–water partition coefficient (Wildman–Crippen LogP) is -0.258. The lowest BCUT2D eigenvalue weighted by Crippen LogP contribution is -2.44. The van der Waals surface area contributed by atoms with Gasteiger partial charge in [-0.25, -0.2) is 0 Å². The number of rotatable bonds is 3. The topological polar surface area (TPSA) is 75.4 Å². The lowest BCUT2D eigenvalue weighted by molar-refractivity contribution is -0.133. The second-order valence-corrected chi connectivity index (χ2v) is 4.04. The maximum absolute atomic E-state index is 11.6. The van der Waals surface area contributed by atoms with Crippen LogP contribution in [-0.2, 0) is 9.59 Å². The fourth-order valence-electron chi connectivity index (χ4n) is 1.62. The molecule has 1 heterocycles. The van der Waals surface area contributed by atoms with Gasteiger partial charge in [0.25, 0.3) is 0 Å². The summed E-state index contributed by atoms with van der Waals surface area (Å²) in [4.78, 5) is 24.2. The van der Waals surface area contributed by atoms with Crippen LogP contribution in [0.4, 0.5) is 0 Å². The first-order valence-corrected chi connectivity index (χ1v) is 5.38. The molecular weight excluding hydrogens is 230 g/mol. The molecule has 0 bridgehead atoms. The van der Waals surface area contributed by atoms with E-state index in [0.29, 0.717) is 5.92 Å². The molecule has 3 N–H and O–H groups in total. The van der Waals surface area contributed by atoms with E-state index in [-0.39, 0.29) is 37.3 Å². The summed E-state index contributed by atoms with van der Waals surface area (Å²) in [5, 5.41) is 2.49. The minimum atomic E-state index is -0.284. The highest BCUT2D eigenvalue weighted by atomic mass is 35.5. The second-order valence-electron chi connectivity index (χ2n) is 4.04. The van der Waals surface area contributed by atoms with Crippen LogP contribution in [0.2, 0.25) is 0 Å². The number of nitrogens with one attached hydrogen (secondary N) is 1. The molecular formula is C10H20ClN3O2. The molecule has 1 aliphatic rings. The van der Waals surface area contributed by atoms with Crippen LogP contribution in [0, 0.1) is 5.92 Å². The van der Waals surface area contributed by atoms with Gasteiger partial charge in [0.2, 0.25) is 11.8 Å². The largest absolute Gasteiger partial charge is 0.346 e. The smallest absolute Gasteiger partial charge is 0.241 e. The van der Waals surface area contributed by atoms with E-state index in [9.17, 15) is 9.59 Å². The van der Waals surface area contributed by atoms with Crippen LogP contribution in [0.15, 0.2) is 0 Å². The summed E-state index contributed by atoms with van der Waals surface area (Å²) in [5.74, 6) is 0.408. The molecule has 1 fully saturated rings. The molecule has 0 aliphatic carbocycles. The van der Waals surface area contributed by atoms with Crippen molar-refractivity contribution in [3.8, 4) is 0 Å². The number of likely N-dealkylation sites (tertiary alicyclic amines) is 1. The Morgan fingerprint density at radius 2 is 1.94 bits per heavy atom. The van der Waals surface area contributed by atoms with E-state index in [1.165, 1.54) is 0 Å². The molecule has 2 amide bonds. The van der Waals surface area contributed by atoms with Crippen molar-refractivity contribution in [2.24, 2.45) is 11.7 Å².